The van der Waals surface area contributed by atoms with Crippen molar-refractivity contribution in [2.45, 2.75) is 32.7 Å². The van der Waals surface area contributed by atoms with E-state index in [2.05, 4.69) is 5.32 Å². The first-order valence-electron chi connectivity index (χ1n) is 5.70. The maximum Gasteiger partial charge on any atom is 0.252 e. The van der Waals surface area contributed by atoms with Gasteiger partial charge in [0.15, 0.2) is 0 Å². The second-order valence-electron chi connectivity index (χ2n) is 4.70. The van der Waals surface area contributed by atoms with Gasteiger partial charge in [-0.2, -0.15) is 0 Å². The zero-order valence-corrected chi connectivity index (χ0v) is 10.4. The lowest BCUT2D eigenvalue weighted by molar-refractivity contribution is -0.157. The number of rotatable bonds is 3. The molecule has 6 heteroatoms. The smallest absolute Gasteiger partial charge is 0.252 e. The van der Waals surface area contributed by atoms with E-state index in [4.69, 9.17) is 5.73 Å². The highest BCUT2D eigenvalue weighted by atomic mass is 16.2. The van der Waals surface area contributed by atoms with Crippen LogP contribution in [-0.4, -0.2) is 41.2 Å². The van der Waals surface area contributed by atoms with Crippen LogP contribution in [0.15, 0.2) is 0 Å². The number of hydrogen-bond donors (Lipinski definition) is 2. The van der Waals surface area contributed by atoms with E-state index in [1.165, 1.54) is 4.90 Å². The van der Waals surface area contributed by atoms with Crippen LogP contribution in [0.2, 0.25) is 0 Å². The summed E-state index contributed by atoms with van der Waals surface area (Å²) in [6.07, 6.45) is 0.595. The average molecular weight is 241 g/mol. The van der Waals surface area contributed by atoms with Crippen LogP contribution < -0.4 is 11.1 Å². The molecule has 0 aromatic carbocycles. The minimum absolute atomic E-state index is 0.0892. The number of nitrogens with zero attached hydrogens (tertiary/aromatic N) is 1. The Morgan fingerprint density at radius 2 is 2.12 bits per heavy atom. The molecule has 96 valence electrons. The van der Waals surface area contributed by atoms with E-state index < -0.39 is 17.4 Å². The van der Waals surface area contributed by atoms with Gasteiger partial charge in [-0.05, 0) is 20.3 Å². The van der Waals surface area contributed by atoms with Gasteiger partial charge in [-0.25, -0.2) is 0 Å². The van der Waals surface area contributed by atoms with Crippen molar-refractivity contribution in [3.05, 3.63) is 0 Å². The molecule has 1 atom stereocenters. The fraction of sp³-hybridized carbons (Fsp3) is 0.727. The lowest BCUT2D eigenvalue weighted by atomic mass is 9.95. The first-order valence-corrected chi connectivity index (χ1v) is 5.70. The number of carbonyl (C=O) groups excluding carboxylic acids is 3. The fourth-order valence-electron chi connectivity index (χ4n) is 1.80. The Morgan fingerprint density at radius 3 is 2.59 bits per heavy atom. The maximum absolute atomic E-state index is 12.2. The summed E-state index contributed by atoms with van der Waals surface area (Å²) in [5, 5.41) is 2.23. The van der Waals surface area contributed by atoms with Gasteiger partial charge in [0.2, 0.25) is 11.8 Å². The summed E-state index contributed by atoms with van der Waals surface area (Å²) >= 11 is 0. The van der Waals surface area contributed by atoms with Crippen molar-refractivity contribution in [3.8, 4) is 0 Å². The van der Waals surface area contributed by atoms with Gasteiger partial charge in [-0.1, -0.05) is 6.92 Å². The zero-order valence-electron chi connectivity index (χ0n) is 10.4. The van der Waals surface area contributed by atoms with E-state index in [1.54, 1.807) is 13.8 Å². The van der Waals surface area contributed by atoms with E-state index in [1.807, 2.05) is 6.92 Å². The van der Waals surface area contributed by atoms with E-state index >= 15 is 0 Å². The molecule has 1 aliphatic rings. The van der Waals surface area contributed by atoms with Crippen molar-refractivity contribution < 1.29 is 14.4 Å². The molecule has 0 bridgehead atoms. The molecule has 0 aromatic rings. The van der Waals surface area contributed by atoms with Crippen LogP contribution in [0.1, 0.15) is 27.2 Å². The molecular weight excluding hydrogens is 222 g/mol. The molecule has 3 N–H and O–H groups in total. The summed E-state index contributed by atoms with van der Waals surface area (Å²) in [4.78, 5) is 36.5. The molecule has 1 aliphatic heterocycles. The molecule has 0 saturated carbocycles. The molecule has 1 unspecified atom stereocenters. The Morgan fingerprint density at radius 1 is 1.53 bits per heavy atom. The van der Waals surface area contributed by atoms with Gasteiger partial charge in [-0.3, -0.25) is 19.7 Å². The van der Waals surface area contributed by atoms with Crippen molar-refractivity contribution in [2.24, 2.45) is 11.7 Å². The van der Waals surface area contributed by atoms with Crippen molar-refractivity contribution in [2.75, 3.05) is 13.1 Å². The molecule has 1 fully saturated rings. The SMILES string of the molecule is CCC(CN)C(=O)N1CC(=O)NC(=O)C1(C)C. The normalized spacial score (nSPS) is 21.1. The van der Waals surface area contributed by atoms with Gasteiger partial charge >= 0.3 is 0 Å². The Hall–Kier alpha value is -1.43. The maximum atomic E-state index is 12.2. The molecule has 1 heterocycles. The lowest BCUT2D eigenvalue weighted by Crippen LogP contribution is -2.66. The average Bonchev–Trinajstić information content (AvgIpc) is 2.25. The Labute approximate surface area is 101 Å². The number of carbonyl (C=O) groups is 3. The predicted molar refractivity (Wildman–Crippen MR) is 61.8 cm³/mol. The first-order chi connectivity index (χ1) is 7.84. The highest BCUT2D eigenvalue weighted by molar-refractivity contribution is 6.06. The molecule has 0 aromatic heterocycles. The third-order valence-corrected chi connectivity index (χ3v) is 3.18. The third kappa shape index (κ3) is 2.46. The molecule has 0 spiro atoms. The molecule has 0 aliphatic carbocycles. The largest absolute Gasteiger partial charge is 0.330 e. The number of imide groups is 1. The summed E-state index contributed by atoms with van der Waals surface area (Å²) < 4.78 is 0. The van der Waals surface area contributed by atoms with Crippen LogP contribution in [0.25, 0.3) is 0 Å². The minimum atomic E-state index is -1.01. The van der Waals surface area contributed by atoms with Crippen LogP contribution >= 0.6 is 0 Å². The summed E-state index contributed by atoms with van der Waals surface area (Å²) in [5.41, 5.74) is 4.51. The van der Waals surface area contributed by atoms with Gasteiger partial charge in [0.05, 0.1) is 5.92 Å². The number of hydrogen-bond acceptors (Lipinski definition) is 4. The zero-order chi connectivity index (χ0) is 13.2. The number of nitrogens with one attached hydrogen (secondary N) is 1. The Balaban J connectivity index is 2.97. The number of nitrogens with two attached hydrogens (primary N) is 1. The van der Waals surface area contributed by atoms with Crippen molar-refractivity contribution in [1.82, 2.24) is 10.2 Å². The Bertz CT molecular complexity index is 348. The molecular formula is C11H19N3O3. The summed E-state index contributed by atoms with van der Waals surface area (Å²) in [6, 6.07) is 0. The number of piperazine rings is 1. The molecule has 1 rings (SSSR count). The quantitative estimate of drug-likeness (QED) is 0.635. The predicted octanol–water partition coefficient (Wildman–Crippen LogP) is -0.765. The van der Waals surface area contributed by atoms with Crippen LogP contribution in [0, 0.1) is 5.92 Å². The summed E-state index contributed by atoms with van der Waals surface area (Å²) in [6.45, 7) is 5.23. The Kier molecular flexibility index (Phi) is 3.87. The van der Waals surface area contributed by atoms with Crippen LogP contribution in [-0.2, 0) is 14.4 Å². The fourth-order valence-corrected chi connectivity index (χ4v) is 1.80. The lowest BCUT2D eigenvalue weighted by Gasteiger charge is -2.41. The first kappa shape index (κ1) is 13.6. The van der Waals surface area contributed by atoms with Crippen molar-refractivity contribution >= 4 is 17.7 Å². The van der Waals surface area contributed by atoms with Crippen molar-refractivity contribution in [1.29, 1.82) is 0 Å². The van der Waals surface area contributed by atoms with Crippen molar-refractivity contribution in [3.63, 3.8) is 0 Å². The third-order valence-electron chi connectivity index (χ3n) is 3.18. The highest BCUT2D eigenvalue weighted by Gasteiger charge is 2.44. The van der Waals surface area contributed by atoms with E-state index in [0.717, 1.165) is 0 Å². The van der Waals surface area contributed by atoms with Gasteiger partial charge in [0, 0.05) is 6.54 Å². The monoisotopic (exact) mass is 241 g/mol. The molecule has 0 radical (unpaired) electrons. The summed E-state index contributed by atoms with van der Waals surface area (Å²) in [7, 11) is 0. The second kappa shape index (κ2) is 4.83. The second-order valence-corrected chi connectivity index (χ2v) is 4.70. The molecule has 1 saturated heterocycles. The molecule has 17 heavy (non-hydrogen) atoms. The van der Waals surface area contributed by atoms with Crippen LogP contribution in [0.5, 0.6) is 0 Å². The van der Waals surface area contributed by atoms with Gasteiger partial charge < -0.3 is 10.6 Å². The van der Waals surface area contributed by atoms with E-state index in [-0.39, 0.29) is 24.9 Å². The minimum Gasteiger partial charge on any atom is -0.330 e. The standard InChI is InChI=1S/C11H19N3O3/c1-4-7(5-12)9(16)14-6-8(15)13-10(17)11(14,2)3/h7H,4-6,12H2,1-3H3,(H,13,15,17). The molecule has 6 nitrogen and oxygen atoms in total. The van der Waals surface area contributed by atoms with Crippen LogP contribution in [0.3, 0.4) is 0 Å². The van der Waals surface area contributed by atoms with Gasteiger partial charge in [0.25, 0.3) is 5.91 Å². The molecule has 3 amide bonds. The summed E-state index contributed by atoms with van der Waals surface area (Å²) in [5.74, 6) is -1.47. The topological polar surface area (TPSA) is 92.5 Å². The van der Waals surface area contributed by atoms with E-state index in [0.29, 0.717) is 6.42 Å². The van der Waals surface area contributed by atoms with Crippen LogP contribution in [0.4, 0.5) is 0 Å². The van der Waals surface area contributed by atoms with E-state index in [9.17, 15) is 14.4 Å². The van der Waals surface area contributed by atoms with Gasteiger partial charge in [0.1, 0.15) is 12.1 Å². The van der Waals surface area contributed by atoms with Gasteiger partial charge in [-0.15, -0.1) is 0 Å². The highest BCUT2D eigenvalue weighted by Crippen LogP contribution is 2.21. The number of amides is 3.